The van der Waals surface area contributed by atoms with Gasteiger partial charge in [-0.3, -0.25) is 4.68 Å². The van der Waals surface area contributed by atoms with E-state index in [1.807, 2.05) is 23.0 Å². The largest absolute Gasteiger partial charge is 0.446 e. The normalized spacial score (nSPS) is 19.9. The molecule has 0 unspecified atom stereocenters. The van der Waals surface area contributed by atoms with Crippen LogP contribution >= 0.6 is 0 Å². The van der Waals surface area contributed by atoms with Crippen molar-refractivity contribution in [2.24, 2.45) is 0 Å². The summed E-state index contributed by atoms with van der Waals surface area (Å²) < 4.78 is 12.9. The molecule has 1 amide bonds. The summed E-state index contributed by atoms with van der Waals surface area (Å²) in [6.07, 6.45) is 4.78. The van der Waals surface area contributed by atoms with Crippen LogP contribution in [0.2, 0.25) is 0 Å². The zero-order valence-corrected chi connectivity index (χ0v) is 16.4. The van der Waals surface area contributed by atoms with E-state index in [1.54, 1.807) is 7.05 Å². The highest BCUT2D eigenvalue weighted by atomic mass is 16.6. The summed E-state index contributed by atoms with van der Waals surface area (Å²) in [5.74, 6) is 1.46. The molecule has 0 atom stereocenters. The molecule has 0 bridgehead atoms. The molecule has 148 valence electrons. The minimum absolute atomic E-state index is 0.0441. The molecular weight excluding hydrogens is 358 g/mol. The molecule has 1 aliphatic rings. The monoisotopic (exact) mass is 383 g/mol. The molecule has 8 heteroatoms. The fourth-order valence-electron chi connectivity index (χ4n) is 3.74. The summed E-state index contributed by atoms with van der Waals surface area (Å²) >= 11 is 0. The lowest BCUT2D eigenvalue weighted by molar-refractivity contribution is 0.0704. The first-order valence-corrected chi connectivity index (χ1v) is 9.74. The Labute approximate surface area is 163 Å². The van der Waals surface area contributed by atoms with Crippen molar-refractivity contribution in [3.63, 3.8) is 0 Å². The van der Waals surface area contributed by atoms with Gasteiger partial charge in [-0.15, -0.1) is 0 Å². The maximum absolute atomic E-state index is 11.4. The number of benzene rings is 1. The molecule has 8 nitrogen and oxygen atoms in total. The van der Waals surface area contributed by atoms with Gasteiger partial charge in [0.1, 0.15) is 6.10 Å². The minimum Gasteiger partial charge on any atom is -0.446 e. The Balaban J connectivity index is 1.48. The van der Waals surface area contributed by atoms with E-state index >= 15 is 0 Å². The summed E-state index contributed by atoms with van der Waals surface area (Å²) in [6.45, 7) is 4.21. The highest BCUT2D eigenvalue weighted by Gasteiger charge is 2.28. The van der Waals surface area contributed by atoms with E-state index in [2.05, 4.69) is 40.5 Å². The predicted molar refractivity (Wildman–Crippen MR) is 104 cm³/mol. The van der Waals surface area contributed by atoms with E-state index in [0.29, 0.717) is 11.7 Å². The van der Waals surface area contributed by atoms with Crippen molar-refractivity contribution in [3.8, 4) is 11.4 Å². The topological polar surface area (TPSA) is 95.1 Å². The van der Waals surface area contributed by atoms with Gasteiger partial charge < -0.3 is 14.6 Å². The fourth-order valence-corrected chi connectivity index (χ4v) is 3.74. The zero-order valence-electron chi connectivity index (χ0n) is 16.4. The van der Waals surface area contributed by atoms with Gasteiger partial charge in [0.15, 0.2) is 0 Å². The van der Waals surface area contributed by atoms with Crippen molar-refractivity contribution < 1.29 is 14.1 Å². The van der Waals surface area contributed by atoms with Crippen LogP contribution in [-0.4, -0.2) is 39.2 Å². The average molecular weight is 383 g/mol. The molecule has 4 rings (SSSR count). The van der Waals surface area contributed by atoms with E-state index in [9.17, 15) is 4.79 Å². The fraction of sp³-hybridized carbons (Fsp3) is 0.500. The second-order valence-electron chi connectivity index (χ2n) is 7.54. The third-order valence-corrected chi connectivity index (χ3v) is 5.29. The Morgan fingerprint density at radius 2 is 2.07 bits per heavy atom. The number of nitrogens with zero attached hydrogens (tertiary/aromatic N) is 4. The molecule has 0 saturated heterocycles. The van der Waals surface area contributed by atoms with Gasteiger partial charge in [0, 0.05) is 30.0 Å². The van der Waals surface area contributed by atoms with Crippen LogP contribution < -0.4 is 5.32 Å². The van der Waals surface area contributed by atoms with E-state index < -0.39 is 0 Å². The van der Waals surface area contributed by atoms with Crippen molar-refractivity contribution in [1.29, 1.82) is 0 Å². The lowest BCUT2D eigenvalue weighted by Gasteiger charge is -2.25. The second kappa shape index (κ2) is 7.61. The molecule has 1 N–H and O–H groups in total. The van der Waals surface area contributed by atoms with E-state index in [0.717, 1.165) is 42.1 Å². The molecular formula is C20H25N5O3. The van der Waals surface area contributed by atoms with Gasteiger partial charge in [0.25, 0.3) is 0 Å². The first kappa shape index (κ1) is 18.5. The summed E-state index contributed by atoms with van der Waals surface area (Å²) in [5.41, 5.74) is 1.98. The van der Waals surface area contributed by atoms with Gasteiger partial charge in [-0.05, 0) is 45.6 Å². The first-order chi connectivity index (χ1) is 13.5. The number of hydrogen-bond donors (Lipinski definition) is 1. The molecule has 2 heterocycles. The van der Waals surface area contributed by atoms with Gasteiger partial charge in [-0.2, -0.15) is 10.1 Å². The summed E-state index contributed by atoms with van der Waals surface area (Å²) in [5, 5.41) is 12.2. The Hall–Kier alpha value is -2.90. The number of nitrogens with one attached hydrogen (secondary N) is 1. The van der Waals surface area contributed by atoms with Crippen LogP contribution in [0.1, 0.15) is 57.4 Å². The number of aromatic nitrogens is 4. The molecule has 1 saturated carbocycles. The number of amides is 1. The van der Waals surface area contributed by atoms with Gasteiger partial charge in [-0.1, -0.05) is 17.3 Å². The molecule has 28 heavy (non-hydrogen) atoms. The number of ether oxygens (including phenoxy) is 1. The van der Waals surface area contributed by atoms with Crippen molar-refractivity contribution >= 4 is 17.0 Å². The Morgan fingerprint density at radius 1 is 1.29 bits per heavy atom. The third-order valence-electron chi connectivity index (χ3n) is 5.29. The number of carbonyl (C=O) groups is 1. The average Bonchev–Trinajstić information content (AvgIpc) is 3.35. The predicted octanol–water partition coefficient (Wildman–Crippen LogP) is 4.05. The van der Waals surface area contributed by atoms with Crippen LogP contribution in [0.3, 0.4) is 0 Å². The molecule has 1 fully saturated rings. The van der Waals surface area contributed by atoms with Gasteiger partial charge >= 0.3 is 6.09 Å². The molecule has 0 spiro atoms. The molecule has 1 aromatic carbocycles. The van der Waals surface area contributed by atoms with Crippen LogP contribution in [0, 0.1) is 0 Å². The lowest BCUT2D eigenvalue weighted by atomic mass is 9.87. The number of rotatable bonds is 4. The maximum atomic E-state index is 11.4. The van der Waals surface area contributed by atoms with Gasteiger partial charge in [-0.25, -0.2) is 4.79 Å². The minimum atomic E-state index is -0.375. The smallest absolute Gasteiger partial charge is 0.407 e. The van der Waals surface area contributed by atoms with Crippen molar-refractivity contribution in [2.45, 2.75) is 57.6 Å². The molecule has 3 aromatic rings. The lowest BCUT2D eigenvalue weighted by Crippen LogP contribution is -2.28. The van der Waals surface area contributed by atoms with Gasteiger partial charge in [0.2, 0.25) is 11.7 Å². The van der Waals surface area contributed by atoms with Crippen LogP contribution in [0.4, 0.5) is 4.79 Å². The van der Waals surface area contributed by atoms with Crippen LogP contribution in [0.5, 0.6) is 0 Å². The number of hydrogen-bond acceptors (Lipinski definition) is 6. The van der Waals surface area contributed by atoms with Crippen LogP contribution in [0.15, 0.2) is 28.9 Å². The number of alkyl carbamates (subject to hydrolysis) is 1. The molecule has 0 radical (unpaired) electrons. The van der Waals surface area contributed by atoms with E-state index in [4.69, 9.17) is 9.26 Å². The standard InChI is InChI=1S/C20H25N5O3/c1-12(2)25-17-10-14(4-5-15(17)11-22-25)18-23-19(28-24-18)13-6-8-16(9-7-13)27-20(26)21-3/h4-5,10-13,16H,6-9H2,1-3H3,(H,21,26). The SMILES string of the molecule is CNC(=O)OC1CCC(c2nc(-c3ccc4cnn(C(C)C)c4c3)no2)CC1. The zero-order chi connectivity index (χ0) is 19.7. The molecule has 0 aliphatic heterocycles. The Bertz CT molecular complexity index is 969. The van der Waals surface area contributed by atoms with Crippen molar-refractivity contribution in [1.82, 2.24) is 25.2 Å². The highest BCUT2D eigenvalue weighted by Crippen LogP contribution is 2.34. The first-order valence-electron chi connectivity index (χ1n) is 9.74. The van der Waals surface area contributed by atoms with Crippen molar-refractivity contribution in [3.05, 3.63) is 30.3 Å². The quantitative estimate of drug-likeness (QED) is 0.730. The Morgan fingerprint density at radius 3 is 2.79 bits per heavy atom. The number of fused-ring (bicyclic) bond motifs is 1. The summed E-state index contributed by atoms with van der Waals surface area (Å²) in [7, 11) is 1.57. The maximum Gasteiger partial charge on any atom is 0.407 e. The summed E-state index contributed by atoms with van der Waals surface area (Å²) in [4.78, 5) is 16.0. The van der Waals surface area contributed by atoms with E-state index in [1.165, 1.54) is 0 Å². The van der Waals surface area contributed by atoms with Crippen LogP contribution in [-0.2, 0) is 4.74 Å². The second-order valence-corrected chi connectivity index (χ2v) is 7.54. The third kappa shape index (κ3) is 3.58. The van der Waals surface area contributed by atoms with E-state index in [-0.39, 0.29) is 24.2 Å². The Kier molecular flexibility index (Phi) is 5.02. The highest BCUT2D eigenvalue weighted by molar-refractivity contribution is 5.83. The molecule has 2 aromatic heterocycles. The number of carbonyl (C=O) groups excluding carboxylic acids is 1. The molecule has 1 aliphatic carbocycles. The van der Waals surface area contributed by atoms with Gasteiger partial charge in [0.05, 0.1) is 11.7 Å². The van der Waals surface area contributed by atoms with Crippen LogP contribution in [0.25, 0.3) is 22.3 Å². The van der Waals surface area contributed by atoms with Crippen molar-refractivity contribution in [2.75, 3.05) is 7.05 Å². The summed E-state index contributed by atoms with van der Waals surface area (Å²) in [6, 6.07) is 6.37.